The van der Waals surface area contributed by atoms with Gasteiger partial charge in [-0.05, 0) is 17.7 Å². The molecule has 1 rings (SSSR count). The zero-order valence-corrected chi connectivity index (χ0v) is 7.44. The van der Waals surface area contributed by atoms with E-state index in [2.05, 4.69) is 5.32 Å². The molecule has 0 heterocycles. The van der Waals surface area contributed by atoms with Crippen molar-refractivity contribution in [3.8, 4) is 0 Å². The summed E-state index contributed by atoms with van der Waals surface area (Å²) in [6.07, 6.45) is 0. The van der Waals surface area contributed by atoms with Crippen LogP contribution in [0.2, 0.25) is 0 Å². The Bertz CT molecular complexity index is 240. The maximum atomic E-state index is 12.6. The van der Waals surface area contributed by atoms with Crippen molar-refractivity contribution in [1.29, 1.82) is 0 Å². The molecule has 0 fully saturated rings. The third-order valence-electron chi connectivity index (χ3n) is 1.49. The first-order valence-electron chi connectivity index (χ1n) is 3.84. The average Bonchev–Trinajstić information content (AvgIpc) is 2.05. The zero-order valence-electron chi connectivity index (χ0n) is 6.69. The van der Waals surface area contributed by atoms with E-state index in [1.165, 1.54) is 12.1 Å². The molecule has 0 bridgehead atoms. The van der Waals surface area contributed by atoms with Gasteiger partial charge >= 0.3 is 0 Å². The molecule has 12 heavy (non-hydrogen) atoms. The van der Waals surface area contributed by atoms with Gasteiger partial charge in [0.05, 0.1) is 0 Å². The second-order valence-corrected chi connectivity index (χ2v) is 2.87. The van der Waals surface area contributed by atoms with Crippen LogP contribution < -0.4 is 5.32 Å². The van der Waals surface area contributed by atoms with E-state index in [9.17, 15) is 4.39 Å². The summed E-state index contributed by atoms with van der Waals surface area (Å²) in [5.41, 5.74) is 0.945. The third-order valence-corrected chi connectivity index (χ3v) is 1.68. The molecular weight excluding hydrogens is 177 g/mol. The van der Waals surface area contributed by atoms with E-state index in [0.29, 0.717) is 12.4 Å². The fraction of sp³-hybridized carbons (Fsp3) is 0.333. The molecule has 0 atom stereocenters. The monoisotopic (exact) mass is 187 g/mol. The lowest BCUT2D eigenvalue weighted by Gasteiger charge is -2.01. The number of alkyl halides is 1. The molecule has 1 aromatic carbocycles. The second-order valence-electron chi connectivity index (χ2n) is 2.50. The molecule has 0 radical (unpaired) electrons. The van der Waals surface area contributed by atoms with Crippen LogP contribution in [0.15, 0.2) is 24.3 Å². The molecule has 0 unspecified atom stereocenters. The number of nitrogens with one attached hydrogen (secondary N) is 1. The van der Waals surface area contributed by atoms with Crippen LogP contribution in [-0.2, 0) is 6.54 Å². The molecule has 66 valence electrons. The summed E-state index contributed by atoms with van der Waals surface area (Å²) in [6, 6.07) is 6.53. The normalized spacial score (nSPS) is 10.2. The van der Waals surface area contributed by atoms with Crippen LogP contribution in [-0.4, -0.2) is 12.4 Å². The van der Waals surface area contributed by atoms with Gasteiger partial charge in [0.1, 0.15) is 5.82 Å². The smallest absolute Gasteiger partial charge is 0.123 e. The van der Waals surface area contributed by atoms with Gasteiger partial charge in [0, 0.05) is 19.0 Å². The van der Waals surface area contributed by atoms with Crippen molar-refractivity contribution in [2.75, 3.05) is 12.4 Å². The molecule has 3 heteroatoms. The Morgan fingerprint density at radius 2 is 2.25 bits per heavy atom. The minimum Gasteiger partial charge on any atom is -0.311 e. The maximum absolute atomic E-state index is 12.6. The molecule has 0 aliphatic carbocycles. The summed E-state index contributed by atoms with van der Waals surface area (Å²) in [5.74, 6) is 0.384. The zero-order chi connectivity index (χ0) is 8.81. The number of halogens is 2. The van der Waals surface area contributed by atoms with Crippen LogP contribution in [0.5, 0.6) is 0 Å². The van der Waals surface area contributed by atoms with Crippen LogP contribution in [0.3, 0.4) is 0 Å². The van der Waals surface area contributed by atoms with Crippen molar-refractivity contribution in [2.45, 2.75) is 6.54 Å². The van der Waals surface area contributed by atoms with Gasteiger partial charge in [-0.1, -0.05) is 12.1 Å². The summed E-state index contributed by atoms with van der Waals surface area (Å²) in [4.78, 5) is 0. The minimum absolute atomic E-state index is 0.194. The molecule has 0 aliphatic rings. The summed E-state index contributed by atoms with van der Waals surface area (Å²) >= 11 is 5.46. The quantitative estimate of drug-likeness (QED) is 0.563. The molecule has 0 aromatic heterocycles. The standard InChI is InChI=1S/C9H11ClFN/c10-4-5-12-7-8-2-1-3-9(11)6-8/h1-3,6,12H,4-5,7H2. The Balaban J connectivity index is 2.41. The molecule has 1 nitrogen and oxygen atoms in total. The lowest BCUT2D eigenvalue weighted by Crippen LogP contribution is -2.15. The Morgan fingerprint density at radius 3 is 2.92 bits per heavy atom. The lowest BCUT2D eigenvalue weighted by molar-refractivity contribution is 0.622. The largest absolute Gasteiger partial charge is 0.311 e. The molecule has 0 aliphatic heterocycles. The lowest BCUT2D eigenvalue weighted by atomic mass is 10.2. The van der Waals surface area contributed by atoms with E-state index in [-0.39, 0.29) is 5.82 Å². The van der Waals surface area contributed by atoms with Crippen LogP contribution >= 0.6 is 11.6 Å². The van der Waals surface area contributed by atoms with Crippen molar-refractivity contribution < 1.29 is 4.39 Å². The van der Waals surface area contributed by atoms with Gasteiger partial charge in [0.25, 0.3) is 0 Å². The van der Waals surface area contributed by atoms with E-state index in [1.54, 1.807) is 6.07 Å². The van der Waals surface area contributed by atoms with E-state index < -0.39 is 0 Å². The van der Waals surface area contributed by atoms with Gasteiger partial charge < -0.3 is 5.32 Å². The van der Waals surface area contributed by atoms with Crippen molar-refractivity contribution in [2.24, 2.45) is 0 Å². The molecule has 1 aromatic rings. The van der Waals surface area contributed by atoms with Gasteiger partial charge in [-0.15, -0.1) is 11.6 Å². The number of hydrogen-bond donors (Lipinski definition) is 1. The third kappa shape index (κ3) is 3.20. The van der Waals surface area contributed by atoms with E-state index >= 15 is 0 Å². The fourth-order valence-corrected chi connectivity index (χ4v) is 1.08. The Hall–Kier alpha value is -0.600. The minimum atomic E-state index is -0.194. The first-order chi connectivity index (χ1) is 5.83. The van der Waals surface area contributed by atoms with Crippen molar-refractivity contribution in [1.82, 2.24) is 5.32 Å². The highest BCUT2D eigenvalue weighted by molar-refractivity contribution is 6.18. The molecule has 0 spiro atoms. The van der Waals surface area contributed by atoms with E-state index in [4.69, 9.17) is 11.6 Å². The molecule has 0 amide bonds. The first-order valence-corrected chi connectivity index (χ1v) is 4.37. The molecule has 1 N–H and O–H groups in total. The highest BCUT2D eigenvalue weighted by atomic mass is 35.5. The van der Waals surface area contributed by atoms with Gasteiger partial charge in [-0.25, -0.2) is 4.39 Å². The van der Waals surface area contributed by atoms with Crippen LogP contribution in [0.1, 0.15) is 5.56 Å². The Kier molecular flexibility index (Phi) is 4.05. The van der Waals surface area contributed by atoms with Gasteiger partial charge in [-0.3, -0.25) is 0 Å². The molecule has 0 saturated heterocycles. The van der Waals surface area contributed by atoms with Crippen molar-refractivity contribution in [3.63, 3.8) is 0 Å². The van der Waals surface area contributed by atoms with Gasteiger partial charge in [0.15, 0.2) is 0 Å². The summed E-state index contributed by atoms with van der Waals surface area (Å²) < 4.78 is 12.6. The van der Waals surface area contributed by atoms with Crippen molar-refractivity contribution in [3.05, 3.63) is 35.6 Å². The van der Waals surface area contributed by atoms with Crippen LogP contribution in [0, 0.1) is 5.82 Å². The Morgan fingerprint density at radius 1 is 1.42 bits per heavy atom. The Labute approximate surface area is 76.5 Å². The first kappa shape index (κ1) is 9.49. The van der Waals surface area contributed by atoms with Crippen LogP contribution in [0.4, 0.5) is 4.39 Å². The topological polar surface area (TPSA) is 12.0 Å². The average molecular weight is 188 g/mol. The van der Waals surface area contributed by atoms with Crippen LogP contribution in [0.25, 0.3) is 0 Å². The van der Waals surface area contributed by atoms with Crippen molar-refractivity contribution >= 4 is 11.6 Å². The summed E-state index contributed by atoms with van der Waals surface area (Å²) in [7, 11) is 0. The van der Waals surface area contributed by atoms with E-state index in [1.807, 2.05) is 6.07 Å². The predicted octanol–water partition coefficient (Wildman–Crippen LogP) is 2.15. The number of rotatable bonds is 4. The predicted molar refractivity (Wildman–Crippen MR) is 48.8 cm³/mol. The van der Waals surface area contributed by atoms with Gasteiger partial charge in [-0.2, -0.15) is 0 Å². The second kappa shape index (κ2) is 5.12. The van der Waals surface area contributed by atoms with E-state index in [0.717, 1.165) is 12.1 Å². The summed E-state index contributed by atoms with van der Waals surface area (Å²) in [5, 5.41) is 3.08. The maximum Gasteiger partial charge on any atom is 0.123 e. The molecular formula is C9H11ClFN. The fourth-order valence-electron chi connectivity index (χ4n) is 0.946. The molecule has 0 saturated carbocycles. The highest BCUT2D eigenvalue weighted by Crippen LogP contribution is 2.02. The SMILES string of the molecule is Fc1cccc(CNCCCl)c1. The summed E-state index contributed by atoms with van der Waals surface area (Å²) in [6.45, 7) is 1.42. The number of hydrogen-bond acceptors (Lipinski definition) is 1. The van der Waals surface area contributed by atoms with Gasteiger partial charge in [0.2, 0.25) is 0 Å². The highest BCUT2D eigenvalue weighted by Gasteiger charge is 1.93. The number of benzene rings is 1.